The summed E-state index contributed by atoms with van der Waals surface area (Å²) in [5.41, 5.74) is 4.16. The Hall–Kier alpha value is -1.31. The van der Waals surface area contributed by atoms with E-state index < -0.39 is 0 Å². The van der Waals surface area contributed by atoms with Gasteiger partial charge in [-0.1, -0.05) is 18.2 Å². The molecule has 2 rings (SSSR count). The van der Waals surface area contributed by atoms with Gasteiger partial charge >= 0.3 is 0 Å². The fourth-order valence-electron chi connectivity index (χ4n) is 2.36. The molecule has 2 heteroatoms. The van der Waals surface area contributed by atoms with E-state index in [1.54, 1.807) is 0 Å². The zero-order valence-electron chi connectivity index (χ0n) is 10.1. The molecule has 1 aliphatic heterocycles. The quantitative estimate of drug-likeness (QED) is 0.697. The molecule has 0 saturated carbocycles. The highest BCUT2D eigenvalue weighted by atomic mass is 16.1. The van der Waals surface area contributed by atoms with Gasteiger partial charge in [0.05, 0.1) is 0 Å². The monoisotopic (exact) mass is 217 g/mol. The molecule has 0 N–H and O–H groups in total. The van der Waals surface area contributed by atoms with Gasteiger partial charge in [0.15, 0.2) is 0 Å². The van der Waals surface area contributed by atoms with Crippen molar-refractivity contribution in [2.24, 2.45) is 0 Å². The molecule has 1 heterocycles. The van der Waals surface area contributed by atoms with Crippen molar-refractivity contribution in [3.05, 3.63) is 34.9 Å². The molecule has 1 aromatic carbocycles. The van der Waals surface area contributed by atoms with Gasteiger partial charge in [0, 0.05) is 13.1 Å². The van der Waals surface area contributed by atoms with E-state index in [1.807, 2.05) is 4.90 Å². The predicted octanol–water partition coefficient (Wildman–Crippen LogP) is 2.64. The maximum absolute atomic E-state index is 10.6. The zero-order valence-corrected chi connectivity index (χ0v) is 10.1. The average Bonchev–Trinajstić information content (AvgIpc) is 2.33. The van der Waals surface area contributed by atoms with Crippen LogP contribution in [0.3, 0.4) is 0 Å². The van der Waals surface area contributed by atoms with Gasteiger partial charge in [-0.15, -0.1) is 0 Å². The van der Waals surface area contributed by atoms with Gasteiger partial charge in [0.25, 0.3) is 0 Å². The highest BCUT2D eigenvalue weighted by molar-refractivity contribution is 5.47. The third kappa shape index (κ3) is 2.26. The zero-order chi connectivity index (χ0) is 11.5. The van der Waals surface area contributed by atoms with Crippen LogP contribution in [0.15, 0.2) is 18.2 Å². The molecule has 0 spiro atoms. The first-order valence-electron chi connectivity index (χ1n) is 5.97. The summed E-state index contributed by atoms with van der Waals surface area (Å²) in [7, 11) is 0. The van der Waals surface area contributed by atoms with Crippen molar-refractivity contribution in [2.45, 2.75) is 32.6 Å². The highest BCUT2D eigenvalue weighted by Gasteiger charge is 2.19. The fourth-order valence-corrected chi connectivity index (χ4v) is 2.36. The number of rotatable bonds is 2. The van der Waals surface area contributed by atoms with Crippen molar-refractivity contribution in [3.8, 4) is 0 Å². The van der Waals surface area contributed by atoms with Gasteiger partial charge in [0.1, 0.15) is 0 Å². The number of piperidine rings is 1. The summed E-state index contributed by atoms with van der Waals surface area (Å²) in [4.78, 5) is 12.5. The molecule has 1 aliphatic rings. The largest absolute Gasteiger partial charge is 0.345 e. The van der Waals surface area contributed by atoms with Crippen LogP contribution >= 0.6 is 0 Å². The number of benzene rings is 1. The lowest BCUT2D eigenvalue weighted by atomic mass is 9.88. The van der Waals surface area contributed by atoms with Crippen LogP contribution in [0.4, 0.5) is 0 Å². The molecule has 0 aromatic heterocycles. The van der Waals surface area contributed by atoms with Gasteiger partial charge in [0.2, 0.25) is 6.41 Å². The molecule has 0 bridgehead atoms. The first-order chi connectivity index (χ1) is 7.70. The van der Waals surface area contributed by atoms with Crippen LogP contribution in [-0.2, 0) is 4.79 Å². The Morgan fingerprint density at radius 2 is 1.88 bits per heavy atom. The Bertz CT molecular complexity index is 378. The minimum Gasteiger partial charge on any atom is -0.345 e. The second-order valence-electron chi connectivity index (χ2n) is 4.76. The van der Waals surface area contributed by atoms with Crippen LogP contribution in [0.5, 0.6) is 0 Å². The number of hydrogen-bond acceptors (Lipinski definition) is 1. The molecule has 0 atom stereocenters. The topological polar surface area (TPSA) is 20.3 Å². The first kappa shape index (κ1) is 11.2. The van der Waals surface area contributed by atoms with E-state index in [2.05, 4.69) is 32.0 Å². The molecule has 16 heavy (non-hydrogen) atoms. The molecule has 86 valence electrons. The summed E-state index contributed by atoms with van der Waals surface area (Å²) < 4.78 is 0. The maximum atomic E-state index is 10.6. The molecule has 1 fully saturated rings. The van der Waals surface area contributed by atoms with E-state index in [4.69, 9.17) is 0 Å². The number of carbonyl (C=O) groups is 1. The van der Waals surface area contributed by atoms with E-state index in [0.29, 0.717) is 5.92 Å². The van der Waals surface area contributed by atoms with Crippen molar-refractivity contribution in [1.29, 1.82) is 0 Å². The molecular formula is C14H19NO. The molecule has 0 aliphatic carbocycles. The summed E-state index contributed by atoms with van der Waals surface area (Å²) in [6, 6.07) is 6.75. The van der Waals surface area contributed by atoms with Crippen LogP contribution in [0.25, 0.3) is 0 Å². The molecule has 1 amide bonds. The van der Waals surface area contributed by atoms with Gasteiger partial charge in [-0.25, -0.2) is 0 Å². The standard InChI is InChI=1S/C14H19NO/c1-11-3-4-14(9-12(11)2)13-5-7-15(10-16)8-6-13/h3-4,9-10,13H,5-8H2,1-2H3. The molecule has 2 nitrogen and oxygen atoms in total. The molecular weight excluding hydrogens is 198 g/mol. The van der Waals surface area contributed by atoms with Crippen LogP contribution < -0.4 is 0 Å². The van der Waals surface area contributed by atoms with E-state index in [0.717, 1.165) is 32.3 Å². The van der Waals surface area contributed by atoms with Crippen molar-refractivity contribution in [2.75, 3.05) is 13.1 Å². The average molecular weight is 217 g/mol. The van der Waals surface area contributed by atoms with E-state index in [1.165, 1.54) is 16.7 Å². The Labute approximate surface area is 97.3 Å². The summed E-state index contributed by atoms with van der Waals surface area (Å²) >= 11 is 0. The van der Waals surface area contributed by atoms with Crippen molar-refractivity contribution < 1.29 is 4.79 Å². The Morgan fingerprint density at radius 1 is 1.19 bits per heavy atom. The Morgan fingerprint density at radius 3 is 2.44 bits per heavy atom. The summed E-state index contributed by atoms with van der Waals surface area (Å²) in [6.45, 7) is 6.12. The molecule has 1 aromatic rings. The number of amides is 1. The molecule has 0 radical (unpaired) electrons. The van der Waals surface area contributed by atoms with Gasteiger partial charge < -0.3 is 4.90 Å². The lowest BCUT2D eigenvalue weighted by Crippen LogP contribution is -2.31. The number of carbonyl (C=O) groups excluding carboxylic acids is 1. The smallest absolute Gasteiger partial charge is 0.209 e. The minimum absolute atomic E-state index is 0.635. The SMILES string of the molecule is Cc1ccc(C2CCN(C=O)CC2)cc1C. The maximum Gasteiger partial charge on any atom is 0.209 e. The molecule has 1 saturated heterocycles. The third-order valence-electron chi connectivity index (χ3n) is 3.68. The summed E-state index contributed by atoms with van der Waals surface area (Å²) in [5, 5.41) is 0. The van der Waals surface area contributed by atoms with Crippen LogP contribution in [0, 0.1) is 13.8 Å². The van der Waals surface area contributed by atoms with E-state index in [9.17, 15) is 4.79 Å². The lowest BCUT2D eigenvalue weighted by molar-refractivity contribution is -0.119. The molecule has 0 unspecified atom stereocenters. The van der Waals surface area contributed by atoms with Crippen molar-refractivity contribution in [3.63, 3.8) is 0 Å². The number of likely N-dealkylation sites (tertiary alicyclic amines) is 1. The lowest BCUT2D eigenvalue weighted by Gasteiger charge is -2.29. The number of hydrogen-bond donors (Lipinski definition) is 0. The Kier molecular flexibility index (Phi) is 3.28. The van der Waals surface area contributed by atoms with Gasteiger partial charge in [-0.3, -0.25) is 4.79 Å². The second kappa shape index (κ2) is 4.69. The number of nitrogens with zero attached hydrogens (tertiary/aromatic N) is 1. The summed E-state index contributed by atoms with van der Waals surface area (Å²) in [5.74, 6) is 0.635. The second-order valence-corrected chi connectivity index (χ2v) is 4.76. The predicted molar refractivity (Wildman–Crippen MR) is 65.5 cm³/mol. The Balaban J connectivity index is 2.08. The minimum atomic E-state index is 0.635. The fraction of sp³-hybridized carbons (Fsp3) is 0.500. The highest BCUT2D eigenvalue weighted by Crippen LogP contribution is 2.28. The third-order valence-corrected chi connectivity index (χ3v) is 3.68. The van der Waals surface area contributed by atoms with E-state index in [-0.39, 0.29) is 0 Å². The first-order valence-corrected chi connectivity index (χ1v) is 5.97. The number of aryl methyl sites for hydroxylation is 2. The normalized spacial score (nSPS) is 17.5. The van der Waals surface area contributed by atoms with Crippen LogP contribution in [-0.4, -0.2) is 24.4 Å². The van der Waals surface area contributed by atoms with Gasteiger partial charge in [-0.05, 0) is 49.3 Å². The van der Waals surface area contributed by atoms with Crippen molar-refractivity contribution >= 4 is 6.41 Å². The van der Waals surface area contributed by atoms with Crippen LogP contribution in [0.1, 0.15) is 35.4 Å². The van der Waals surface area contributed by atoms with Crippen LogP contribution in [0.2, 0.25) is 0 Å². The van der Waals surface area contributed by atoms with Gasteiger partial charge in [-0.2, -0.15) is 0 Å². The summed E-state index contributed by atoms with van der Waals surface area (Å²) in [6.07, 6.45) is 3.17. The van der Waals surface area contributed by atoms with Crippen molar-refractivity contribution in [1.82, 2.24) is 4.90 Å². The van der Waals surface area contributed by atoms with E-state index >= 15 is 0 Å².